The minimum absolute atomic E-state index is 0.173. The van der Waals surface area contributed by atoms with E-state index >= 15 is 0 Å². The van der Waals surface area contributed by atoms with Crippen molar-refractivity contribution in [2.75, 3.05) is 18.4 Å². The normalized spacial score (nSPS) is 11.4. The van der Waals surface area contributed by atoms with E-state index in [2.05, 4.69) is 5.32 Å². The first-order chi connectivity index (χ1) is 11.0. The van der Waals surface area contributed by atoms with Gasteiger partial charge < -0.3 is 5.32 Å². The lowest BCUT2D eigenvalue weighted by atomic mass is 10.2. The van der Waals surface area contributed by atoms with Crippen LogP contribution in [0.3, 0.4) is 0 Å². The predicted molar refractivity (Wildman–Crippen MR) is 90.9 cm³/mol. The van der Waals surface area contributed by atoms with Crippen molar-refractivity contribution in [3.05, 3.63) is 60.2 Å². The highest BCUT2D eigenvalue weighted by Crippen LogP contribution is 2.20. The molecule has 1 N–H and O–H groups in total. The Morgan fingerprint density at radius 2 is 1.65 bits per heavy atom. The zero-order valence-electron chi connectivity index (χ0n) is 13.2. The number of benzene rings is 2. The summed E-state index contributed by atoms with van der Waals surface area (Å²) >= 11 is 0. The summed E-state index contributed by atoms with van der Waals surface area (Å²) < 4.78 is 26.4. The van der Waals surface area contributed by atoms with Gasteiger partial charge in [-0.1, -0.05) is 38.1 Å². The molecule has 2 rings (SSSR count). The Hall–Kier alpha value is -2.18. The maximum Gasteiger partial charge on any atom is 0.255 e. The lowest BCUT2D eigenvalue weighted by Crippen LogP contribution is -2.30. The van der Waals surface area contributed by atoms with Gasteiger partial charge in [0.15, 0.2) is 0 Å². The van der Waals surface area contributed by atoms with Gasteiger partial charge in [-0.2, -0.15) is 4.31 Å². The second-order valence-electron chi connectivity index (χ2n) is 4.94. The molecule has 0 aliphatic rings. The van der Waals surface area contributed by atoms with E-state index in [0.29, 0.717) is 24.3 Å². The highest BCUT2D eigenvalue weighted by molar-refractivity contribution is 7.89. The van der Waals surface area contributed by atoms with E-state index in [1.807, 2.05) is 6.07 Å². The molecule has 0 bridgehead atoms. The van der Waals surface area contributed by atoms with Crippen LogP contribution in [0.1, 0.15) is 24.2 Å². The Morgan fingerprint density at radius 3 is 2.26 bits per heavy atom. The summed E-state index contributed by atoms with van der Waals surface area (Å²) in [7, 11) is -3.54. The van der Waals surface area contributed by atoms with E-state index in [9.17, 15) is 13.2 Å². The summed E-state index contributed by atoms with van der Waals surface area (Å²) in [6.45, 7) is 4.39. The second-order valence-corrected chi connectivity index (χ2v) is 6.88. The quantitative estimate of drug-likeness (QED) is 0.884. The van der Waals surface area contributed by atoms with Gasteiger partial charge in [0.1, 0.15) is 0 Å². The maximum absolute atomic E-state index is 12.5. The van der Waals surface area contributed by atoms with E-state index in [-0.39, 0.29) is 10.8 Å². The van der Waals surface area contributed by atoms with Crippen LogP contribution in [0.25, 0.3) is 0 Å². The molecule has 5 nitrogen and oxygen atoms in total. The van der Waals surface area contributed by atoms with Gasteiger partial charge in [-0.3, -0.25) is 4.79 Å². The highest BCUT2D eigenvalue weighted by Gasteiger charge is 2.21. The predicted octanol–water partition coefficient (Wildman–Crippen LogP) is 2.97. The molecule has 0 saturated carbocycles. The van der Waals surface area contributed by atoms with Gasteiger partial charge >= 0.3 is 0 Å². The van der Waals surface area contributed by atoms with Crippen LogP contribution in [0.2, 0.25) is 0 Å². The molecule has 0 fully saturated rings. The van der Waals surface area contributed by atoms with Crippen molar-refractivity contribution in [2.24, 2.45) is 0 Å². The van der Waals surface area contributed by atoms with Crippen molar-refractivity contribution < 1.29 is 13.2 Å². The molecule has 122 valence electrons. The maximum atomic E-state index is 12.5. The summed E-state index contributed by atoms with van der Waals surface area (Å²) in [5.41, 5.74) is 0.969. The topological polar surface area (TPSA) is 66.5 Å². The number of amides is 1. The minimum atomic E-state index is -3.54. The van der Waals surface area contributed by atoms with E-state index < -0.39 is 10.0 Å². The number of carbonyl (C=O) groups excluding carboxylic acids is 1. The van der Waals surface area contributed by atoms with Gasteiger partial charge in [0.25, 0.3) is 5.91 Å². The summed E-state index contributed by atoms with van der Waals surface area (Å²) in [4.78, 5) is 12.3. The second kappa shape index (κ2) is 7.39. The summed E-state index contributed by atoms with van der Waals surface area (Å²) in [6.07, 6.45) is 0. The standard InChI is InChI=1S/C17H20N2O3S/c1-3-19(4-2)23(21,22)16-12-8-11-15(13-16)18-17(20)14-9-6-5-7-10-14/h5-13H,3-4H2,1-2H3,(H,18,20). The fourth-order valence-electron chi connectivity index (χ4n) is 2.24. The largest absolute Gasteiger partial charge is 0.322 e. The van der Waals surface area contributed by atoms with Crippen molar-refractivity contribution in [1.29, 1.82) is 0 Å². The fourth-order valence-corrected chi connectivity index (χ4v) is 3.74. The summed E-state index contributed by atoms with van der Waals surface area (Å²) in [5, 5.41) is 2.72. The molecule has 23 heavy (non-hydrogen) atoms. The van der Waals surface area contributed by atoms with E-state index in [1.54, 1.807) is 50.2 Å². The van der Waals surface area contributed by atoms with Crippen LogP contribution < -0.4 is 5.32 Å². The Kier molecular flexibility index (Phi) is 5.52. The molecule has 2 aromatic carbocycles. The van der Waals surface area contributed by atoms with Crippen LogP contribution in [0.15, 0.2) is 59.5 Å². The molecule has 0 aliphatic carbocycles. The van der Waals surface area contributed by atoms with Crippen LogP contribution in [-0.4, -0.2) is 31.7 Å². The Labute approximate surface area is 137 Å². The number of rotatable bonds is 6. The Bertz CT molecular complexity index is 769. The van der Waals surface area contributed by atoms with Crippen molar-refractivity contribution in [3.8, 4) is 0 Å². The zero-order chi connectivity index (χ0) is 16.9. The molecule has 0 saturated heterocycles. The number of hydrogen-bond donors (Lipinski definition) is 1. The molecule has 0 unspecified atom stereocenters. The SMILES string of the molecule is CCN(CC)S(=O)(=O)c1cccc(NC(=O)c2ccccc2)c1. The first-order valence-corrected chi connectivity index (χ1v) is 8.89. The number of hydrogen-bond acceptors (Lipinski definition) is 3. The highest BCUT2D eigenvalue weighted by atomic mass is 32.2. The van der Waals surface area contributed by atoms with Gasteiger partial charge in [-0.05, 0) is 30.3 Å². The molecular weight excluding hydrogens is 312 g/mol. The van der Waals surface area contributed by atoms with E-state index in [1.165, 1.54) is 16.4 Å². The third-order valence-electron chi connectivity index (χ3n) is 3.47. The van der Waals surface area contributed by atoms with Crippen molar-refractivity contribution in [2.45, 2.75) is 18.7 Å². The minimum Gasteiger partial charge on any atom is -0.322 e. The molecule has 0 aliphatic heterocycles. The van der Waals surface area contributed by atoms with E-state index in [0.717, 1.165) is 0 Å². The van der Waals surface area contributed by atoms with Gasteiger partial charge in [0.05, 0.1) is 4.90 Å². The molecule has 0 spiro atoms. The fraction of sp³-hybridized carbons (Fsp3) is 0.235. The van der Waals surface area contributed by atoms with Crippen molar-refractivity contribution in [1.82, 2.24) is 4.31 Å². The third-order valence-corrected chi connectivity index (χ3v) is 5.52. The van der Waals surface area contributed by atoms with Crippen LogP contribution in [0, 0.1) is 0 Å². The summed E-state index contributed by atoms with van der Waals surface area (Å²) in [5.74, 6) is -0.275. The zero-order valence-corrected chi connectivity index (χ0v) is 14.0. The molecule has 0 heterocycles. The van der Waals surface area contributed by atoms with Crippen molar-refractivity contribution >= 4 is 21.6 Å². The van der Waals surface area contributed by atoms with E-state index in [4.69, 9.17) is 0 Å². The van der Waals surface area contributed by atoms with Crippen LogP contribution in [-0.2, 0) is 10.0 Å². The molecule has 2 aromatic rings. The number of anilines is 1. The van der Waals surface area contributed by atoms with Gasteiger partial charge in [0, 0.05) is 24.3 Å². The Balaban J connectivity index is 2.25. The number of carbonyl (C=O) groups is 1. The molecule has 6 heteroatoms. The number of nitrogens with zero attached hydrogens (tertiary/aromatic N) is 1. The molecule has 0 aromatic heterocycles. The smallest absolute Gasteiger partial charge is 0.255 e. The number of sulfonamides is 1. The molecule has 1 amide bonds. The molecular formula is C17H20N2O3S. The monoisotopic (exact) mass is 332 g/mol. The molecule has 0 atom stereocenters. The van der Waals surface area contributed by atoms with Crippen LogP contribution in [0.4, 0.5) is 5.69 Å². The lowest BCUT2D eigenvalue weighted by molar-refractivity contribution is 0.102. The first-order valence-electron chi connectivity index (χ1n) is 7.45. The lowest BCUT2D eigenvalue weighted by Gasteiger charge is -2.18. The Morgan fingerprint density at radius 1 is 1.00 bits per heavy atom. The first kappa shape index (κ1) is 17.2. The molecule has 0 radical (unpaired) electrons. The average molecular weight is 332 g/mol. The van der Waals surface area contributed by atoms with Crippen molar-refractivity contribution in [3.63, 3.8) is 0 Å². The van der Waals surface area contributed by atoms with Gasteiger partial charge in [0.2, 0.25) is 10.0 Å². The van der Waals surface area contributed by atoms with Crippen LogP contribution in [0.5, 0.6) is 0 Å². The summed E-state index contributed by atoms with van der Waals surface area (Å²) in [6, 6.07) is 15.1. The van der Waals surface area contributed by atoms with Gasteiger partial charge in [-0.25, -0.2) is 8.42 Å². The van der Waals surface area contributed by atoms with Gasteiger partial charge in [-0.15, -0.1) is 0 Å². The number of nitrogens with one attached hydrogen (secondary N) is 1. The third kappa shape index (κ3) is 3.97. The van der Waals surface area contributed by atoms with Crippen LogP contribution >= 0.6 is 0 Å². The average Bonchev–Trinajstić information content (AvgIpc) is 2.57.